The molecule has 0 spiro atoms. The molecule has 0 amide bonds. The van der Waals surface area contributed by atoms with E-state index in [2.05, 4.69) is 0 Å². The maximum atomic E-state index is 12.3. The molecule has 1 rings (SSSR count). The van der Waals surface area contributed by atoms with Crippen LogP contribution < -0.4 is 0 Å². The van der Waals surface area contributed by atoms with Crippen LogP contribution in [0.1, 0.15) is 5.56 Å². The van der Waals surface area contributed by atoms with Gasteiger partial charge >= 0.3 is 7.60 Å². The zero-order valence-corrected chi connectivity index (χ0v) is 11.8. The average molecular weight is 299 g/mol. The maximum absolute atomic E-state index is 12.3. The normalized spacial score (nSPS) is 15.6. The third-order valence-corrected chi connectivity index (χ3v) is 5.54. The summed E-state index contributed by atoms with van der Waals surface area (Å²) < 4.78 is 21.9. The van der Waals surface area contributed by atoms with Crippen molar-refractivity contribution in [2.45, 2.75) is 5.34 Å². The fourth-order valence-electron chi connectivity index (χ4n) is 1.40. The first-order valence-corrected chi connectivity index (χ1v) is 7.15. The van der Waals surface area contributed by atoms with Crippen molar-refractivity contribution in [3.05, 3.63) is 34.9 Å². The number of alkyl halides is 1. The van der Waals surface area contributed by atoms with Crippen molar-refractivity contribution in [3.8, 4) is 0 Å². The molecule has 1 N–H and O–H groups in total. The highest BCUT2D eigenvalue weighted by Crippen LogP contribution is 2.62. The van der Waals surface area contributed by atoms with Gasteiger partial charge in [-0.1, -0.05) is 23.7 Å². The lowest BCUT2D eigenvalue weighted by molar-refractivity contribution is 0.0962. The summed E-state index contributed by atoms with van der Waals surface area (Å²) in [6.07, 6.45) is 0. The molecule has 0 bridgehead atoms. The van der Waals surface area contributed by atoms with E-state index in [9.17, 15) is 9.67 Å². The van der Waals surface area contributed by atoms with Gasteiger partial charge in [-0.3, -0.25) is 4.57 Å². The second-order valence-corrected chi connectivity index (χ2v) is 6.49. The Hall–Kier alpha value is -0.0900. The van der Waals surface area contributed by atoms with Crippen LogP contribution in [0, 0.1) is 0 Å². The smallest absolute Gasteiger partial charge is 0.367 e. The minimum Gasteiger partial charge on any atom is -0.372 e. The quantitative estimate of drug-likeness (QED) is 0.670. The summed E-state index contributed by atoms with van der Waals surface area (Å²) in [5.41, 5.74) is 0.323. The minimum atomic E-state index is -3.76. The highest BCUT2D eigenvalue weighted by atomic mass is 35.5. The van der Waals surface area contributed by atoms with Crippen molar-refractivity contribution in [2.24, 2.45) is 0 Å². The van der Waals surface area contributed by atoms with E-state index in [1.165, 1.54) is 26.4 Å². The lowest BCUT2D eigenvalue weighted by atomic mass is 10.1. The van der Waals surface area contributed by atoms with Crippen LogP contribution in [0.15, 0.2) is 24.3 Å². The first-order chi connectivity index (χ1) is 7.93. The van der Waals surface area contributed by atoms with Gasteiger partial charge in [-0.2, -0.15) is 0 Å². The molecule has 0 radical (unpaired) electrons. The molecule has 0 fully saturated rings. The fourth-order valence-corrected chi connectivity index (χ4v) is 3.49. The summed E-state index contributed by atoms with van der Waals surface area (Å²) in [5, 5.41) is 9.01. The van der Waals surface area contributed by atoms with E-state index in [0.29, 0.717) is 10.6 Å². The topological polar surface area (TPSA) is 55.8 Å². The van der Waals surface area contributed by atoms with Gasteiger partial charge in [-0.05, 0) is 17.7 Å². The van der Waals surface area contributed by atoms with Crippen LogP contribution >= 0.6 is 30.8 Å². The SMILES string of the molecule is COP(=O)(OC)C(O)(CCl)c1ccc(Cl)cc1. The van der Waals surface area contributed by atoms with E-state index in [0.717, 1.165) is 0 Å². The highest BCUT2D eigenvalue weighted by Gasteiger charge is 2.49. The Labute approximate surface area is 110 Å². The number of aliphatic hydroxyl groups is 1. The molecule has 1 unspecified atom stereocenters. The van der Waals surface area contributed by atoms with Gasteiger partial charge in [-0.25, -0.2) is 0 Å². The molecule has 0 saturated carbocycles. The van der Waals surface area contributed by atoms with Gasteiger partial charge in [0.25, 0.3) is 0 Å². The zero-order valence-electron chi connectivity index (χ0n) is 9.39. The summed E-state index contributed by atoms with van der Waals surface area (Å²) in [5.74, 6) is -0.326. The number of hydrogen-bond acceptors (Lipinski definition) is 4. The molecule has 4 nitrogen and oxygen atoms in total. The number of halogens is 2. The summed E-state index contributed by atoms with van der Waals surface area (Å²) in [7, 11) is -1.38. The van der Waals surface area contributed by atoms with Crippen LogP contribution in [-0.2, 0) is 19.0 Å². The van der Waals surface area contributed by atoms with Crippen LogP contribution in [0.25, 0.3) is 0 Å². The molecule has 0 aliphatic carbocycles. The van der Waals surface area contributed by atoms with Crippen LogP contribution in [-0.4, -0.2) is 25.2 Å². The van der Waals surface area contributed by atoms with Gasteiger partial charge in [0.1, 0.15) is 0 Å². The Kier molecular flexibility index (Phi) is 5.02. The summed E-state index contributed by atoms with van der Waals surface area (Å²) in [6.45, 7) is 0. The number of rotatable bonds is 5. The van der Waals surface area contributed by atoms with E-state index in [1.807, 2.05) is 0 Å². The predicted molar refractivity (Wildman–Crippen MR) is 67.7 cm³/mol. The van der Waals surface area contributed by atoms with Gasteiger partial charge in [0, 0.05) is 19.2 Å². The third-order valence-electron chi connectivity index (χ3n) is 2.43. The van der Waals surface area contributed by atoms with E-state index in [4.69, 9.17) is 32.2 Å². The summed E-state index contributed by atoms with van der Waals surface area (Å²) >= 11 is 11.5. The Bertz CT molecular complexity index is 415. The van der Waals surface area contributed by atoms with E-state index < -0.39 is 12.9 Å². The maximum Gasteiger partial charge on any atom is 0.367 e. The highest BCUT2D eigenvalue weighted by molar-refractivity contribution is 7.55. The van der Waals surface area contributed by atoms with Gasteiger partial charge in [0.05, 0.1) is 5.88 Å². The van der Waals surface area contributed by atoms with Crippen molar-refractivity contribution in [1.29, 1.82) is 0 Å². The number of hydrogen-bond donors (Lipinski definition) is 1. The molecule has 0 aromatic heterocycles. The van der Waals surface area contributed by atoms with Crippen LogP contribution in [0.5, 0.6) is 0 Å². The average Bonchev–Trinajstić information content (AvgIpc) is 2.37. The Morgan fingerprint density at radius 2 is 1.76 bits per heavy atom. The molecule has 1 aromatic rings. The lowest BCUT2D eigenvalue weighted by Gasteiger charge is -2.31. The third kappa shape index (κ3) is 2.68. The lowest BCUT2D eigenvalue weighted by Crippen LogP contribution is -2.29. The Morgan fingerprint density at radius 3 is 2.12 bits per heavy atom. The molecular formula is C10H13Cl2O4P. The standard InChI is InChI=1S/C10H13Cl2O4P/c1-15-17(14,16-2)10(13,7-11)8-3-5-9(12)6-4-8/h3-6,13H,7H2,1-2H3. The monoisotopic (exact) mass is 298 g/mol. The molecule has 0 saturated heterocycles. The van der Waals surface area contributed by atoms with Gasteiger partial charge < -0.3 is 14.2 Å². The van der Waals surface area contributed by atoms with Crippen molar-refractivity contribution >= 4 is 30.8 Å². The van der Waals surface area contributed by atoms with E-state index in [1.54, 1.807) is 12.1 Å². The van der Waals surface area contributed by atoms with Gasteiger partial charge in [0.15, 0.2) is 0 Å². The summed E-state index contributed by atoms with van der Waals surface area (Å²) in [6, 6.07) is 6.17. The van der Waals surface area contributed by atoms with Crippen LogP contribution in [0.4, 0.5) is 0 Å². The molecular weight excluding hydrogens is 286 g/mol. The molecule has 0 heterocycles. The van der Waals surface area contributed by atoms with Gasteiger partial charge in [0.2, 0.25) is 5.34 Å². The van der Waals surface area contributed by atoms with Crippen molar-refractivity contribution < 1.29 is 18.7 Å². The minimum absolute atomic E-state index is 0.323. The van der Waals surface area contributed by atoms with Crippen molar-refractivity contribution in [3.63, 3.8) is 0 Å². The molecule has 1 aromatic carbocycles. The fraction of sp³-hybridized carbons (Fsp3) is 0.400. The molecule has 0 aliphatic rings. The van der Waals surface area contributed by atoms with Crippen molar-refractivity contribution in [1.82, 2.24) is 0 Å². The second-order valence-electron chi connectivity index (χ2n) is 3.32. The number of benzene rings is 1. The zero-order chi connectivity index (χ0) is 13.1. The predicted octanol–water partition coefficient (Wildman–Crippen LogP) is 3.21. The van der Waals surface area contributed by atoms with Crippen molar-refractivity contribution in [2.75, 3.05) is 20.1 Å². The molecule has 1 atom stereocenters. The molecule has 96 valence electrons. The first-order valence-electron chi connectivity index (χ1n) is 4.69. The van der Waals surface area contributed by atoms with E-state index in [-0.39, 0.29) is 5.88 Å². The Morgan fingerprint density at radius 1 is 1.29 bits per heavy atom. The van der Waals surface area contributed by atoms with E-state index >= 15 is 0 Å². The molecule has 0 aliphatic heterocycles. The summed E-state index contributed by atoms with van der Waals surface area (Å²) in [4.78, 5) is 0. The molecule has 17 heavy (non-hydrogen) atoms. The van der Waals surface area contributed by atoms with Crippen LogP contribution in [0.3, 0.4) is 0 Å². The molecule has 7 heteroatoms. The van der Waals surface area contributed by atoms with Gasteiger partial charge in [-0.15, -0.1) is 11.6 Å². The largest absolute Gasteiger partial charge is 0.372 e. The second kappa shape index (κ2) is 5.70. The Balaban J connectivity index is 3.29. The first kappa shape index (κ1) is 15.0. The van der Waals surface area contributed by atoms with Crippen LogP contribution in [0.2, 0.25) is 5.02 Å².